The lowest BCUT2D eigenvalue weighted by Gasteiger charge is -2.12. The Morgan fingerprint density at radius 2 is 2.07 bits per heavy atom. The van der Waals surface area contributed by atoms with E-state index in [-0.39, 0.29) is 0 Å². The van der Waals surface area contributed by atoms with Gasteiger partial charge in [0.05, 0.1) is 12.0 Å². The standard InChI is InChI=1S/C13H24N2/c1-5-7-8-12(6-2)13-14-9-10-15(13)11(3)4/h9-12H,5-8H2,1-4H3/p+1/t12-/m0/s1. The number of aromatic amines is 1. The lowest BCUT2D eigenvalue weighted by Crippen LogP contribution is -2.39. The molecule has 0 saturated carbocycles. The Labute approximate surface area is 93.7 Å². The molecule has 0 amide bonds. The average Bonchev–Trinajstić information content (AvgIpc) is 2.68. The summed E-state index contributed by atoms with van der Waals surface area (Å²) in [7, 11) is 0. The molecule has 0 aromatic carbocycles. The van der Waals surface area contributed by atoms with Crippen LogP contribution in [0.5, 0.6) is 0 Å². The number of aromatic nitrogens is 2. The lowest BCUT2D eigenvalue weighted by atomic mass is 9.98. The molecule has 86 valence electrons. The molecular weight excluding hydrogens is 184 g/mol. The number of H-pyrrole nitrogens is 1. The molecule has 0 aliphatic rings. The molecule has 2 nitrogen and oxygen atoms in total. The van der Waals surface area contributed by atoms with Gasteiger partial charge in [0.15, 0.2) is 0 Å². The van der Waals surface area contributed by atoms with Crippen molar-refractivity contribution >= 4 is 0 Å². The van der Waals surface area contributed by atoms with Gasteiger partial charge in [-0.15, -0.1) is 0 Å². The lowest BCUT2D eigenvalue weighted by molar-refractivity contribution is -0.723. The van der Waals surface area contributed by atoms with Gasteiger partial charge in [-0.1, -0.05) is 26.7 Å². The maximum Gasteiger partial charge on any atom is 0.257 e. The van der Waals surface area contributed by atoms with E-state index in [2.05, 4.69) is 49.6 Å². The van der Waals surface area contributed by atoms with Crippen molar-refractivity contribution < 1.29 is 4.57 Å². The smallest absolute Gasteiger partial charge is 0.247 e. The third-order valence-corrected chi connectivity index (χ3v) is 3.09. The summed E-state index contributed by atoms with van der Waals surface area (Å²) in [4.78, 5) is 3.41. The minimum Gasteiger partial charge on any atom is -0.247 e. The van der Waals surface area contributed by atoms with Crippen molar-refractivity contribution in [1.82, 2.24) is 4.98 Å². The van der Waals surface area contributed by atoms with Crippen LogP contribution >= 0.6 is 0 Å². The Morgan fingerprint density at radius 1 is 1.33 bits per heavy atom. The van der Waals surface area contributed by atoms with E-state index in [1.54, 1.807) is 0 Å². The maximum atomic E-state index is 3.41. The fourth-order valence-corrected chi connectivity index (χ4v) is 2.12. The molecule has 0 fully saturated rings. The van der Waals surface area contributed by atoms with Gasteiger partial charge in [0, 0.05) is 0 Å². The first kappa shape index (κ1) is 12.3. The fourth-order valence-electron chi connectivity index (χ4n) is 2.12. The Hall–Kier alpha value is -0.790. The molecule has 1 rings (SSSR count). The molecule has 1 aromatic heterocycles. The molecule has 0 aliphatic carbocycles. The van der Waals surface area contributed by atoms with Crippen LogP contribution in [0.15, 0.2) is 12.4 Å². The van der Waals surface area contributed by atoms with Crippen LogP contribution in [0.4, 0.5) is 0 Å². The van der Waals surface area contributed by atoms with Gasteiger partial charge in [-0.3, -0.25) is 0 Å². The Morgan fingerprint density at radius 3 is 2.60 bits per heavy atom. The van der Waals surface area contributed by atoms with Crippen molar-refractivity contribution in [3.8, 4) is 0 Å². The number of hydrogen-bond acceptors (Lipinski definition) is 0. The quantitative estimate of drug-likeness (QED) is 0.691. The fraction of sp³-hybridized carbons (Fsp3) is 0.769. The normalized spacial score (nSPS) is 13.4. The molecule has 15 heavy (non-hydrogen) atoms. The minimum absolute atomic E-state index is 0.557. The van der Waals surface area contributed by atoms with Crippen LogP contribution in [-0.2, 0) is 0 Å². The average molecular weight is 209 g/mol. The first-order chi connectivity index (χ1) is 7.20. The summed E-state index contributed by atoms with van der Waals surface area (Å²) in [6.45, 7) is 9.03. The van der Waals surface area contributed by atoms with Crippen molar-refractivity contribution in [2.75, 3.05) is 0 Å². The predicted octanol–water partition coefficient (Wildman–Crippen LogP) is 3.57. The molecule has 2 heteroatoms. The minimum atomic E-state index is 0.557. The van der Waals surface area contributed by atoms with Gasteiger partial charge < -0.3 is 0 Å². The molecule has 1 atom stereocenters. The maximum absolute atomic E-state index is 3.41. The molecule has 1 N–H and O–H groups in total. The van der Waals surface area contributed by atoms with Crippen LogP contribution in [0, 0.1) is 0 Å². The van der Waals surface area contributed by atoms with Gasteiger partial charge in [0.1, 0.15) is 12.4 Å². The number of hydrogen-bond donors (Lipinski definition) is 1. The highest BCUT2D eigenvalue weighted by Crippen LogP contribution is 2.22. The highest BCUT2D eigenvalue weighted by molar-refractivity contribution is 4.89. The number of unbranched alkanes of at least 4 members (excludes halogenated alkanes) is 1. The van der Waals surface area contributed by atoms with E-state index < -0.39 is 0 Å². The van der Waals surface area contributed by atoms with Gasteiger partial charge in [-0.25, -0.2) is 9.55 Å². The second-order valence-corrected chi connectivity index (χ2v) is 4.59. The first-order valence-corrected chi connectivity index (χ1v) is 6.29. The number of nitrogens with zero attached hydrogens (tertiary/aromatic N) is 1. The van der Waals surface area contributed by atoms with Crippen LogP contribution in [0.1, 0.15) is 71.2 Å². The monoisotopic (exact) mass is 209 g/mol. The van der Waals surface area contributed by atoms with Gasteiger partial charge in [0.2, 0.25) is 0 Å². The number of imidazole rings is 1. The molecule has 0 aliphatic heterocycles. The van der Waals surface area contributed by atoms with E-state index >= 15 is 0 Å². The summed E-state index contributed by atoms with van der Waals surface area (Å²) in [5.74, 6) is 2.10. The number of rotatable bonds is 6. The van der Waals surface area contributed by atoms with Crippen molar-refractivity contribution in [2.24, 2.45) is 0 Å². The van der Waals surface area contributed by atoms with E-state index in [0.717, 1.165) is 0 Å². The SMILES string of the molecule is CCCC[C@H](CC)c1[nH]cc[n+]1C(C)C. The molecular formula is C13H25N2+. The third kappa shape index (κ3) is 3.08. The topological polar surface area (TPSA) is 19.7 Å². The van der Waals surface area contributed by atoms with Gasteiger partial charge in [0.25, 0.3) is 5.82 Å². The molecule has 0 spiro atoms. The summed E-state index contributed by atoms with van der Waals surface area (Å²) >= 11 is 0. The largest absolute Gasteiger partial charge is 0.257 e. The highest BCUT2D eigenvalue weighted by atomic mass is 15.1. The van der Waals surface area contributed by atoms with Crippen molar-refractivity contribution in [3.05, 3.63) is 18.2 Å². The van der Waals surface area contributed by atoms with Crippen LogP contribution in [0.2, 0.25) is 0 Å². The predicted molar refractivity (Wildman–Crippen MR) is 63.9 cm³/mol. The van der Waals surface area contributed by atoms with Crippen molar-refractivity contribution in [3.63, 3.8) is 0 Å². The Kier molecular flexibility index (Phi) is 4.86. The molecule has 0 bridgehead atoms. The van der Waals surface area contributed by atoms with Crippen molar-refractivity contribution in [1.29, 1.82) is 0 Å². The van der Waals surface area contributed by atoms with Gasteiger partial charge in [-0.2, -0.15) is 0 Å². The first-order valence-electron chi connectivity index (χ1n) is 6.29. The number of nitrogens with one attached hydrogen (secondary N) is 1. The van der Waals surface area contributed by atoms with Crippen LogP contribution in [-0.4, -0.2) is 4.98 Å². The molecule has 1 heterocycles. The third-order valence-electron chi connectivity index (χ3n) is 3.09. The molecule has 1 aromatic rings. The van der Waals surface area contributed by atoms with Crippen LogP contribution < -0.4 is 4.57 Å². The zero-order chi connectivity index (χ0) is 11.3. The zero-order valence-electron chi connectivity index (χ0n) is 10.6. The van der Waals surface area contributed by atoms with E-state index in [0.29, 0.717) is 12.0 Å². The van der Waals surface area contributed by atoms with E-state index in [1.165, 1.54) is 31.5 Å². The Bertz CT molecular complexity index is 276. The van der Waals surface area contributed by atoms with Crippen molar-refractivity contribution in [2.45, 2.75) is 65.3 Å². The zero-order valence-corrected chi connectivity index (χ0v) is 10.6. The second-order valence-electron chi connectivity index (χ2n) is 4.59. The molecule has 0 unspecified atom stereocenters. The van der Waals surface area contributed by atoms with Gasteiger partial charge >= 0.3 is 0 Å². The van der Waals surface area contributed by atoms with E-state index in [4.69, 9.17) is 0 Å². The summed E-state index contributed by atoms with van der Waals surface area (Å²) in [5, 5.41) is 0. The Balaban J connectivity index is 2.76. The summed E-state index contributed by atoms with van der Waals surface area (Å²) in [6.07, 6.45) is 9.38. The van der Waals surface area contributed by atoms with Crippen LogP contribution in [0.3, 0.4) is 0 Å². The molecule has 0 radical (unpaired) electrons. The summed E-state index contributed by atoms with van der Waals surface area (Å²) in [6, 6.07) is 0.557. The van der Waals surface area contributed by atoms with Gasteiger partial charge in [-0.05, 0) is 26.7 Å². The van der Waals surface area contributed by atoms with E-state index in [9.17, 15) is 0 Å². The molecule has 0 saturated heterocycles. The summed E-state index contributed by atoms with van der Waals surface area (Å²) in [5.41, 5.74) is 0. The highest BCUT2D eigenvalue weighted by Gasteiger charge is 2.22. The second kappa shape index (κ2) is 5.94. The van der Waals surface area contributed by atoms with Crippen LogP contribution in [0.25, 0.3) is 0 Å². The summed E-state index contributed by atoms with van der Waals surface area (Å²) < 4.78 is 2.36. The van der Waals surface area contributed by atoms with E-state index in [1.807, 2.05) is 0 Å².